The predicted octanol–water partition coefficient (Wildman–Crippen LogP) is 4.60. The molecule has 0 saturated heterocycles. The Labute approximate surface area is 165 Å². The lowest BCUT2D eigenvalue weighted by molar-refractivity contribution is -0.124. The van der Waals surface area contributed by atoms with Gasteiger partial charge in [0.2, 0.25) is 5.91 Å². The van der Waals surface area contributed by atoms with Gasteiger partial charge in [0.25, 0.3) is 5.91 Å². The largest absolute Gasteiger partial charge is 0.353 e. The van der Waals surface area contributed by atoms with Gasteiger partial charge in [0, 0.05) is 23.0 Å². The maximum Gasteiger partial charge on any atom is 0.254 e. The van der Waals surface area contributed by atoms with Crippen molar-refractivity contribution >= 4 is 23.2 Å². The Morgan fingerprint density at radius 2 is 1.93 bits per heavy atom. The molecule has 5 heteroatoms. The standard InChI is InChI=1S/C22H28N2O2S/c1-5-15(4)23-21(25)19-16-9-6-7-10-17(16)22(26)24(13-14(2)3)20(19)18-11-8-12-27-18/h6-12,14-15,19-20H,5,13H2,1-4H3,(H,23,25)/t15-,19+,20+/m0/s1. The Morgan fingerprint density at radius 3 is 2.56 bits per heavy atom. The highest BCUT2D eigenvalue weighted by Gasteiger charge is 2.44. The summed E-state index contributed by atoms with van der Waals surface area (Å²) in [7, 11) is 0. The van der Waals surface area contributed by atoms with Gasteiger partial charge in [-0.25, -0.2) is 0 Å². The van der Waals surface area contributed by atoms with Crippen LogP contribution in [0.15, 0.2) is 41.8 Å². The van der Waals surface area contributed by atoms with Crippen LogP contribution in [0, 0.1) is 5.92 Å². The van der Waals surface area contributed by atoms with E-state index in [1.54, 1.807) is 11.3 Å². The second-order valence-corrected chi connectivity index (χ2v) is 8.67. The molecule has 0 radical (unpaired) electrons. The van der Waals surface area contributed by atoms with Gasteiger partial charge < -0.3 is 10.2 Å². The number of thiophene rings is 1. The molecule has 1 aromatic carbocycles. The number of carbonyl (C=O) groups excluding carboxylic acids is 2. The molecule has 0 saturated carbocycles. The zero-order valence-corrected chi connectivity index (χ0v) is 17.3. The van der Waals surface area contributed by atoms with Gasteiger partial charge >= 0.3 is 0 Å². The first-order valence-electron chi connectivity index (χ1n) is 9.67. The number of benzene rings is 1. The van der Waals surface area contributed by atoms with Crippen molar-refractivity contribution < 1.29 is 9.59 Å². The molecule has 1 aromatic heterocycles. The quantitative estimate of drug-likeness (QED) is 0.791. The molecule has 3 atom stereocenters. The van der Waals surface area contributed by atoms with Gasteiger partial charge in [-0.05, 0) is 42.3 Å². The number of rotatable bonds is 6. The van der Waals surface area contributed by atoms with E-state index in [0.717, 1.165) is 16.9 Å². The molecule has 0 fully saturated rings. The van der Waals surface area contributed by atoms with Crippen LogP contribution >= 0.6 is 11.3 Å². The fourth-order valence-corrected chi connectivity index (χ4v) is 4.55. The second kappa shape index (κ2) is 8.26. The van der Waals surface area contributed by atoms with Crippen LogP contribution in [0.1, 0.15) is 66.9 Å². The minimum Gasteiger partial charge on any atom is -0.353 e. The molecule has 2 amide bonds. The Morgan fingerprint density at radius 1 is 1.19 bits per heavy atom. The molecule has 1 aliphatic heterocycles. The first-order chi connectivity index (χ1) is 12.9. The third kappa shape index (κ3) is 3.93. The summed E-state index contributed by atoms with van der Waals surface area (Å²) in [5.41, 5.74) is 1.48. The van der Waals surface area contributed by atoms with Crippen LogP contribution in [0.5, 0.6) is 0 Å². The van der Waals surface area contributed by atoms with E-state index in [0.29, 0.717) is 18.0 Å². The lowest BCUT2D eigenvalue weighted by Crippen LogP contribution is -2.49. The van der Waals surface area contributed by atoms with E-state index in [1.807, 2.05) is 53.6 Å². The fraction of sp³-hybridized carbons (Fsp3) is 0.455. The molecule has 2 heterocycles. The smallest absolute Gasteiger partial charge is 0.254 e. The monoisotopic (exact) mass is 384 g/mol. The number of amides is 2. The fourth-order valence-electron chi connectivity index (χ4n) is 3.68. The van der Waals surface area contributed by atoms with E-state index < -0.39 is 5.92 Å². The van der Waals surface area contributed by atoms with Gasteiger partial charge in [0.1, 0.15) is 0 Å². The van der Waals surface area contributed by atoms with Gasteiger partial charge in [-0.15, -0.1) is 11.3 Å². The van der Waals surface area contributed by atoms with Crippen molar-refractivity contribution in [2.45, 2.75) is 52.1 Å². The molecule has 0 spiro atoms. The maximum absolute atomic E-state index is 13.3. The summed E-state index contributed by atoms with van der Waals surface area (Å²) in [6, 6.07) is 11.4. The molecule has 27 heavy (non-hydrogen) atoms. The first-order valence-corrected chi connectivity index (χ1v) is 10.6. The minimum absolute atomic E-state index is 0.00328. The predicted molar refractivity (Wildman–Crippen MR) is 110 cm³/mol. The van der Waals surface area contributed by atoms with Crippen molar-refractivity contribution in [2.75, 3.05) is 6.54 Å². The van der Waals surface area contributed by atoms with Crippen molar-refractivity contribution in [1.29, 1.82) is 0 Å². The third-order valence-corrected chi connectivity index (χ3v) is 6.06. The summed E-state index contributed by atoms with van der Waals surface area (Å²) in [5, 5.41) is 5.16. The highest BCUT2D eigenvalue weighted by Crippen LogP contribution is 2.44. The van der Waals surface area contributed by atoms with E-state index in [2.05, 4.69) is 26.1 Å². The van der Waals surface area contributed by atoms with Crippen molar-refractivity contribution in [3.05, 3.63) is 57.8 Å². The number of nitrogens with one attached hydrogen (secondary N) is 1. The molecular formula is C22H28N2O2S. The summed E-state index contributed by atoms with van der Waals surface area (Å²) in [4.78, 5) is 29.6. The van der Waals surface area contributed by atoms with Crippen molar-refractivity contribution in [3.63, 3.8) is 0 Å². The SMILES string of the molecule is CC[C@H](C)NC(=O)[C@@H]1c2ccccc2C(=O)N(CC(C)C)[C@@H]1c1cccs1. The Kier molecular flexibility index (Phi) is 6.00. The van der Waals surface area contributed by atoms with Gasteiger partial charge in [0.05, 0.1) is 12.0 Å². The van der Waals surface area contributed by atoms with Crippen LogP contribution in [0.2, 0.25) is 0 Å². The molecule has 3 rings (SSSR count). The highest BCUT2D eigenvalue weighted by molar-refractivity contribution is 7.10. The molecule has 1 aliphatic rings. The lowest BCUT2D eigenvalue weighted by atomic mass is 9.81. The Balaban J connectivity index is 2.13. The number of fused-ring (bicyclic) bond motifs is 1. The Hall–Kier alpha value is -2.14. The Bertz CT molecular complexity index is 800. The van der Waals surface area contributed by atoms with E-state index in [-0.39, 0.29) is 23.9 Å². The van der Waals surface area contributed by atoms with Crippen LogP contribution in [0.25, 0.3) is 0 Å². The van der Waals surface area contributed by atoms with Crippen LogP contribution < -0.4 is 5.32 Å². The summed E-state index contributed by atoms with van der Waals surface area (Å²) in [6.45, 7) is 8.92. The van der Waals surface area contributed by atoms with Crippen LogP contribution in [0.3, 0.4) is 0 Å². The minimum atomic E-state index is -0.398. The van der Waals surface area contributed by atoms with Gasteiger partial charge in [-0.2, -0.15) is 0 Å². The van der Waals surface area contributed by atoms with Crippen LogP contribution in [0.4, 0.5) is 0 Å². The summed E-state index contributed by atoms with van der Waals surface area (Å²) in [6.07, 6.45) is 0.873. The van der Waals surface area contributed by atoms with Crippen LogP contribution in [-0.2, 0) is 4.79 Å². The molecule has 0 aliphatic carbocycles. The van der Waals surface area contributed by atoms with Crippen molar-refractivity contribution in [1.82, 2.24) is 10.2 Å². The zero-order valence-electron chi connectivity index (χ0n) is 16.4. The highest BCUT2D eigenvalue weighted by atomic mass is 32.1. The van der Waals surface area contributed by atoms with Crippen molar-refractivity contribution in [3.8, 4) is 0 Å². The summed E-state index contributed by atoms with van der Waals surface area (Å²) < 4.78 is 0. The van der Waals surface area contributed by atoms with E-state index in [1.165, 1.54) is 0 Å². The lowest BCUT2D eigenvalue weighted by Gasteiger charge is -2.42. The topological polar surface area (TPSA) is 49.4 Å². The van der Waals surface area contributed by atoms with Gasteiger partial charge in [-0.1, -0.05) is 45.0 Å². The van der Waals surface area contributed by atoms with Crippen molar-refractivity contribution in [2.24, 2.45) is 5.92 Å². The normalized spacial score (nSPS) is 20.5. The third-order valence-electron chi connectivity index (χ3n) is 5.12. The molecule has 0 bridgehead atoms. The van der Waals surface area contributed by atoms with E-state index in [4.69, 9.17) is 0 Å². The van der Waals surface area contributed by atoms with Crippen LogP contribution in [-0.4, -0.2) is 29.3 Å². The second-order valence-electron chi connectivity index (χ2n) is 7.69. The average molecular weight is 385 g/mol. The average Bonchev–Trinajstić information content (AvgIpc) is 3.17. The van der Waals surface area contributed by atoms with Gasteiger partial charge in [-0.3, -0.25) is 9.59 Å². The van der Waals surface area contributed by atoms with E-state index >= 15 is 0 Å². The first kappa shape index (κ1) is 19.6. The maximum atomic E-state index is 13.3. The molecule has 1 N–H and O–H groups in total. The number of nitrogens with zero attached hydrogens (tertiary/aromatic N) is 1. The number of carbonyl (C=O) groups is 2. The summed E-state index contributed by atoms with van der Waals surface area (Å²) in [5.74, 6) is -0.0630. The molecular weight excluding hydrogens is 356 g/mol. The molecule has 4 nitrogen and oxygen atoms in total. The van der Waals surface area contributed by atoms with Gasteiger partial charge in [0.15, 0.2) is 0 Å². The van der Waals surface area contributed by atoms with E-state index in [9.17, 15) is 9.59 Å². The molecule has 0 unspecified atom stereocenters. The molecule has 2 aromatic rings. The zero-order chi connectivity index (χ0) is 19.6. The molecule has 144 valence electrons. The summed E-state index contributed by atoms with van der Waals surface area (Å²) >= 11 is 1.61. The number of hydrogen-bond acceptors (Lipinski definition) is 3. The number of hydrogen-bond donors (Lipinski definition) is 1.